The molecule has 2 aliphatic rings. The first kappa shape index (κ1) is 20.4. The van der Waals surface area contributed by atoms with Crippen LogP contribution in [0.15, 0.2) is 24.3 Å². The molecular formula is C21H33FN6O+2. The van der Waals surface area contributed by atoms with Gasteiger partial charge in [-0.15, -0.1) is 5.10 Å². The second kappa shape index (κ2) is 9.73. The number of ether oxygens (including phenoxy) is 1. The Balaban J connectivity index is 1.55. The molecule has 1 aliphatic carbocycles. The Labute approximate surface area is 171 Å². The fourth-order valence-corrected chi connectivity index (χ4v) is 5.11. The zero-order valence-corrected chi connectivity index (χ0v) is 17.3. The summed E-state index contributed by atoms with van der Waals surface area (Å²) in [5.74, 6) is 0.539. The SMILES string of the molecule is COCCn1nnnc1[C@H](c1ccccc1F)[NH+]1CC[NH+](C2CCCCC2)CC1. The quantitative estimate of drug-likeness (QED) is 0.663. The maximum atomic E-state index is 14.8. The second-order valence-corrected chi connectivity index (χ2v) is 8.36. The van der Waals surface area contributed by atoms with E-state index in [-0.39, 0.29) is 11.9 Å². The summed E-state index contributed by atoms with van der Waals surface area (Å²) in [6.45, 7) is 5.35. The van der Waals surface area contributed by atoms with Gasteiger partial charge in [0, 0.05) is 7.11 Å². The van der Waals surface area contributed by atoms with Crippen molar-refractivity contribution in [3.05, 3.63) is 41.5 Å². The molecule has 1 atom stereocenters. The Kier molecular flexibility index (Phi) is 6.84. The van der Waals surface area contributed by atoms with E-state index in [2.05, 4.69) is 15.5 Å². The summed E-state index contributed by atoms with van der Waals surface area (Å²) < 4.78 is 21.8. The molecule has 0 radical (unpaired) electrons. The lowest BCUT2D eigenvalue weighted by Gasteiger charge is -2.38. The Morgan fingerprint density at radius 2 is 1.90 bits per heavy atom. The van der Waals surface area contributed by atoms with Gasteiger partial charge in [-0.2, -0.15) is 0 Å². The highest BCUT2D eigenvalue weighted by Gasteiger charge is 2.38. The predicted octanol–water partition coefficient (Wildman–Crippen LogP) is -0.336. The van der Waals surface area contributed by atoms with Crippen molar-refractivity contribution in [2.75, 3.05) is 39.9 Å². The van der Waals surface area contributed by atoms with Crippen LogP contribution in [0, 0.1) is 5.82 Å². The third-order valence-electron chi connectivity index (χ3n) is 6.67. The lowest BCUT2D eigenvalue weighted by molar-refractivity contribution is -1.03. The van der Waals surface area contributed by atoms with Crippen LogP contribution in [0.3, 0.4) is 0 Å². The van der Waals surface area contributed by atoms with Crippen LogP contribution in [0.4, 0.5) is 4.39 Å². The Bertz CT molecular complexity index is 770. The highest BCUT2D eigenvalue weighted by atomic mass is 19.1. The summed E-state index contributed by atoms with van der Waals surface area (Å²) in [7, 11) is 1.66. The normalized spacial score (nSPS) is 24.5. The highest BCUT2D eigenvalue weighted by molar-refractivity contribution is 5.24. The van der Waals surface area contributed by atoms with Crippen LogP contribution in [0.1, 0.15) is 49.5 Å². The number of hydrogen-bond donors (Lipinski definition) is 2. The number of rotatable bonds is 7. The number of aromatic nitrogens is 4. The van der Waals surface area contributed by atoms with E-state index in [0.29, 0.717) is 18.7 Å². The summed E-state index contributed by atoms with van der Waals surface area (Å²) in [5.41, 5.74) is 0.678. The molecule has 29 heavy (non-hydrogen) atoms. The lowest BCUT2D eigenvalue weighted by atomic mass is 9.93. The van der Waals surface area contributed by atoms with E-state index in [1.165, 1.54) is 43.1 Å². The van der Waals surface area contributed by atoms with E-state index in [1.54, 1.807) is 22.8 Å². The average Bonchev–Trinajstić information content (AvgIpc) is 3.23. The lowest BCUT2D eigenvalue weighted by Crippen LogP contribution is -3.29. The molecule has 1 aliphatic heterocycles. The van der Waals surface area contributed by atoms with E-state index in [9.17, 15) is 4.39 Å². The van der Waals surface area contributed by atoms with E-state index < -0.39 is 0 Å². The van der Waals surface area contributed by atoms with Crippen molar-refractivity contribution in [1.29, 1.82) is 0 Å². The molecule has 1 aromatic heterocycles. The predicted molar refractivity (Wildman–Crippen MR) is 106 cm³/mol. The van der Waals surface area contributed by atoms with Crippen LogP contribution < -0.4 is 9.80 Å². The number of nitrogens with one attached hydrogen (secondary N) is 2. The van der Waals surface area contributed by atoms with Gasteiger partial charge in [0.15, 0.2) is 6.04 Å². The van der Waals surface area contributed by atoms with E-state index in [0.717, 1.165) is 38.0 Å². The Morgan fingerprint density at radius 1 is 1.14 bits per heavy atom. The first-order valence-corrected chi connectivity index (χ1v) is 11.0. The monoisotopic (exact) mass is 404 g/mol. The fourth-order valence-electron chi connectivity index (χ4n) is 5.11. The summed E-state index contributed by atoms with van der Waals surface area (Å²) in [6, 6.07) is 7.67. The van der Waals surface area contributed by atoms with E-state index in [4.69, 9.17) is 4.74 Å². The van der Waals surface area contributed by atoms with Crippen molar-refractivity contribution in [1.82, 2.24) is 20.2 Å². The summed E-state index contributed by atoms with van der Waals surface area (Å²) in [4.78, 5) is 3.09. The van der Waals surface area contributed by atoms with Gasteiger partial charge >= 0.3 is 0 Å². The summed E-state index contributed by atoms with van der Waals surface area (Å²) in [6.07, 6.45) is 6.85. The van der Waals surface area contributed by atoms with Crippen LogP contribution in [0.25, 0.3) is 0 Å². The molecule has 0 spiro atoms. The second-order valence-electron chi connectivity index (χ2n) is 8.36. The molecule has 2 fully saturated rings. The van der Waals surface area contributed by atoms with Gasteiger partial charge in [-0.25, -0.2) is 9.07 Å². The van der Waals surface area contributed by atoms with E-state index in [1.807, 2.05) is 12.1 Å². The number of hydrogen-bond acceptors (Lipinski definition) is 4. The van der Waals surface area contributed by atoms with Crippen molar-refractivity contribution >= 4 is 0 Å². The molecule has 0 bridgehead atoms. The van der Waals surface area contributed by atoms with Gasteiger partial charge in [-0.3, -0.25) is 0 Å². The van der Waals surface area contributed by atoms with Gasteiger partial charge in [0.05, 0.1) is 24.8 Å². The molecule has 158 valence electrons. The number of halogens is 1. The fraction of sp³-hybridized carbons (Fsp3) is 0.667. The summed E-state index contributed by atoms with van der Waals surface area (Å²) in [5, 5.41) is 12.4. The molecule has 1 saturated carbocycles. The van der Waals surface area contributed by atoms with Crippen molar-refractivity contribution < 1.29 is 18.9 Å². The first-order valence-electron chi connectivity index (χ1n) is 11.0. The van der Waals surface area contributed by atoms with Crippen LogP contribution in [-0.2, 0) is 11.3 Å². The smallest absolute Gasteiger partial charge is 0.214 e. The highest BCUT2D eigenvalue weighted by Crippen LogP contribution is 2.20. The molecule has 2 heterocycles. The third kappa shape index (κ3) is 4.65. The molecule has 7 nitrogen and oxygen atoms in total. The minimum atomic E-state index is -0.198. The van der Waals surface area contributed by atoms with Gasteiger partial charge in [-0.05, 0) is 48.2 Å². The number of nitrogens with zero attached hydrogens (tertiary/aromatic N) is 4. The molecule has 0 unspecified atom stereocenters. The first-order chi connectivity index (χ1) is 14.3. The molecule has 0 amide bonds. The average molecular weight is 405 g/mol. The third-order valence-corrected chi connectivity index (χ3v) is 6.67. The number of benzene rings is 1. The molecule has 1 saturated heterocycles. The van der Waals surface area contributed by atoms with Crippen LogP contribution in [-0.4, -0.2) is 66.1 Å². The van der Waals surface area contributed by atoms with Crippen LogP contribution >= 0.6 is 0 Å². The van der Waals surface area contributed by atoms with Gasteiger partial charge in [-0.1, -0.05) is 18.6 Å². The number of methoxy groups -OCH3 is 1. The molecule has 2 N–H and O–H groups in total. The minimum Gasteiger partial charge on any atom is -0.383 e. The zero-order valence-electron chi connectivity index (χ0n) is 17.3. The van der Waals surface area contributed by atoms with Gasteiger partial charge in [0.2, 0.25) is 5.82 Å². The molecule has 4 rings (SSSR count). The minimum absolute atomic E-state index is 0.187. The van der Waals surface area contributed by atoms with Crippen molar-refractivity contribution in [2.45, 2.75) is 50.7 Å². The topological polar surface area (TPSA) is 61.7 Å². The Hall–Kier alpha value is -1.90. The number of piperazine rings is 1. The maximum absolute atomic E-state index is 14.8. The molecular weight excluding hydrogens is 371 g/mol. The maximum Gasteiger partial charge on any atom is 0.214 e. The van der Waals surface area contributed by atoms with Crippen LogP contribution in [0.5, 0.6) is 0 Å². The largest absolute Gasteiger partial charge is 0.383 e. The van der Waals surface area contributed by atoms with E-state index >= 15 is 0 Å². The van der Waals surface area contributed by atoms with Crippen molar-refractivity contribution in [2.24, 2.45) is 0 Å². The standard InChI is InChI=1S/C21H31FN6O/c1-29-16-15-28-21(23-24-25-28)20(18-9-5-6-10-19(18)22)27-13-11-26(12-14-27)17-7-3-2-4-8-17/h5-6,9-10,17,20H,2-4,7-8,11-16H2,1H3/p+2/t20-/m0/s1. The Morgan fingerprint density at radius 3 is 2.62 bits per heavy atom. The summed E-state index contributed by atoms with van der Waals surface area (Å²) >= 11 is 0. The van der Waals surface area contributed by atoms with Gasteiger partial charge in [0.25, 0.3) is 0 Å². The zero-order chi connectivity index (χ0) is 20.1. The van der Waals surface area contributed by atoms with Crippen molar-refractivity contribution in [3.63, 3.8) is 0 Å². The van der Waals surface area contributed by atoms with Gasteiger partial charge < -0.3 is 14.5 Å². The number of quaternary nitrogens is 2. The molecule has 2 aromatic rings. The van der Waals surface area contributed by atoms with Crippen LogP contribution in [0.2, 0.25) is 0 Å². The molecule has 1 aromatic carbocycles. The van der Waals surface area contributed by atoms with Gasteiger partial charge in [0.1, 0.15) is 32.0 Å². The van der Waals surface area contributed by atoms with Crippen molar-refractivity contribution in [3.8, 4) is 0 Å². The number of tetrazole rings is 1. The molecule has 8 heteroatoms.